The Morgan fingerprint density at radius 3 is 0.966 bits per heavy atom. The minimum Gasteiger partial charge on any atom is -0.245 e. The fraction of sp³-hybridized carbons (Fsp3) is 0. The summed E-state index contributed by atoms with van der Waals surface area (Å²) in [6, 6.07) is 78.3. The Labute approximate surface area is 337 Å². The fourth-order valence-corrected chi connectivity index (χ4v) is 8.39. The van der Waals surface area contributed by atoms with Gasteiger partial charge in [-0.2, -0.15) is 0 Å². The summed E-state index contributed by atoms with van der Waals surface area (Å²) in [6.07, 6.45) is 0. The molecule has 0 fully saturated rings. The van der Waals surface area contributed by atoms with Gasteiger partial charge in [-0.3, -0.25) is 0 Å². The molecule has 0 amide bonds. The molecule has 0 unspecified atom stereocenters. The first-order chi connectivity index (χ1) is 28.7. The molecule has 2 nitrogen and oxygen atoms in total. The normalized spacial score (nSPS) is 11.4. The minimum atomic E-state index is 0.884. The van der Waals surface area contributed by atoms with Crippen LogP contribution in [-0.2, 0) is 0 Å². The van der Waals surface area contributed by atoms with Crippen LogP contribution < -0.4 is 0 Å². The van der Waals surface area contributed by atoms with Gasteiger partial charge < -0.3 is 0 Å². The molecular formula is C56H36N2. The molecule has 11 aromatic rings. The SMILES string of the molecule is c1ccc(-c2ccc(-c3cc(-c4ccc5ccccc5c4)nc4c3ccc3c(-c5ccc(-c6ccccc6)cc5)cc(-c5ccc6ccccc6c5)nc34)cc2)cc1. The number of rotatable bonds is 6. The van der Waals surface area contributed by atoms with Crippen molar-refractivity contribution < 1.29 is 0 Å². The van der Waals surface area contributed by atoms with Crippen molar-refractivity contribution in [3.63, 3.8) is 0 Å². The zero-order chi connectivity index (χ0) is 38.4. The lowest BCUT2D eigenvalue weighted by Gasteiger charge is -2.16. The van der Waals surface area contributed by atoms with Gasteiger partial charge in [-0.25, -0.2) is 9.97 Å². The number of pyridine rings is 2. The maximum absolute atomic E-state index is 5.54. The van der Waals surface area contributed by atoms with Crippen molar-refractivity contribution >= 4 is 43.4 Å². The molecule has 11 rings (SSSR count). The van der Waals surface area contributed by atoms with Crippen LogP contribution in [0.15, 0.2) is 218 Å². The van der Waals surface area contributed by atoms with Crippen molar-refractivity contribution in [1.29, 1.82) is 0 Å². The van der Waals surface area contributed by atoms with E-state index in [4.69, 9.17) is 9.97 Å². The third-order valence-electron chi connectivity index (χ3n) is 11.5. The molecule has 0 aliphatic heterocycles. The van der Waals surface area contributed by atoms with Gasteiger partial charge in [0.05, 0.1) is 22.4 Å². The highest BCUT2D eigenvalue weighted by molar-refractivity contribution is 6.13. The Hall–Kier alpha value is -7.68. The van der Waals surface area contributed by atoms with Crippen molar-refractivity contribution in [2.45, 2.75) is 0 Å². The van der Waals surface area contributed by atoms with Gasteiger partial charge >= 0.3 is 0 Å². The predicted octanol–water partition coefficient (Wildman–Crippen LogP) is 15.1. The van der Waals surface area contributed by atoms with Crippen molar-refractivity contribution in [3.8, 4) is 67.0 Å². The number of nitrogens with zero attached hydrogens (tertiary/aromatic N) is 2. The Kier molecular flexibility index (Phi) is 8.19. The summed E-state index contributed by atoms with van der Waals surface area (Å²) in [5.41, 5.74) is 15.0. The zero-order valence-electron chi connectivity index (χ0n) is 31.7. The predicted molar refractivity (Wildman–Crippen MR) is 245 cm³/mol. The van der Waals surface area contributed by atoms with Crippen LogP contribution in [0.1, 0.15) is 0 Å². The van der Waals surface area contributed by atoms with Gasteiger partial charge in [-0.1, -0.05) is 194 Å². The highest BCUT2D eigenvalue weighted by Crippen LogP contribution is 2.41. The Balaban J connectivity index is 1.17. The number of aromatic nitrogens is 2. The lowest BCUT2D eigenvalue weighted by atomic mass is 9.92. The molecular weight excluding hydrogens is 701 g/mol. The Morgan fingerprint density at radius 2 is 0.552 bits per heavy atom. The van der Waals surface area contributed by atoms with Gasteiger partial charge in [-0.05, 0) is 90.3 Å². The van der Waals surface area contributed by atoms with E-state index in [1.165, 1.54) is 43.8 Å². The first-order valence-electron chi connectivity index (χ1n) is 19.8. The lowest BCUT2D eigenvalue weighted by molar-refractivity contribution is 1.37. The maximum Gasteiger partial charge on any atom is 0.0978 e. The zero-order valence-corrected chi connectivity index (χ0v) is 31.7. The number of hydrogen-bond donors (Lipinski definition) is 0. The third kappa shape index (κ3) is 6.09. The van der Waals surface area contributed by atoms with E-state index in [9.17, 15) is 0 Å². The highest BCUT2D eigenvalue weighted by atomic mass is 14.8. The van der Waals surface area contributed by atoms with Crippen molar-refractivity contribution in [2.24, 2.45) is 0 Å². The van der Waals surface area contributed by atoms with Crippen LogP contribution in [0.3, 0.4) is 0 Å². The van der Waals surface area contributed by atoms with Crippen molar-refractivity contribution in [2.75, 3.05) is 0 Å². The van der Waals surface area contributed by atoms with Gasteiger partial charge in [0.2, 0.25) is 0 Å². The fourth-order valence-electron chi connectivity index (χ4n) is 8.39. The van der Waals surface area contributed by atoms with Crippen molar-refractivity contribution in [3.05, 3.63) is 218 Å². The van der Waals surface area contributed by atoms with E-state index in [-0.39, 0.29) is 0 Å². The molecule has 58 heavy (non-hydrogen) atoms. The molecule has 0 bridgehead atoms. The average molecular weight is 737 g/mol. The lowest BCUT2D eigenvalue weighted by Crippen LogP contribution is -1.96. The Bertz CT molecular complexity index is 3070. The first kappa shape index (κ1) is 33.6. The molecule has 0 atom stereocenters. The molecule has 2 aromatic heterocycles. The van der Waals surface area contributed by atoms with E-state index in [1.807, 2.05) is 0 Å². The maximum atomic E-state index is 5.54. The van der Waals surface area contributed by atoms with Crippen LogP contribution in [0.4, 0.5) is 0 Å². The standard InChI is InChI=1S/C56H36N2/c1-3-11-37(12-4-1)41-19-25-43(26-20-41)51-35-53(47-29-23-39-15-7-9-17-45(39)33-47)57-55-49(51)31-32-50-52(44-27-21-42(22-28-44)38-13-5-2-6-14-38)36-54(58-56(50)55)48-30-24-40-16-8-10-18-46(40)34-48/h1-36H. The van der Waals surface area contributed by atoms with E-state index in [2.05, 4.69) is 218 Å². The highest BCUT2D eigenvalue weighted by Gasteiger charge is 2.18. The van der Waals surface area contributed by atoms with Crippen LogP contribution in [0, 0.1) is 0 Å². The molecule has 9 aromatic carbocycles. The second-order valence-electron chi connectivity index (χ2n) is 15.0. The number of benzene rings is 9. The van der Waals surface area contributed by atoms with Crippen molar-refractivity contribution in [1.82, 2.24) is 9.97 Å². The Morgan fingerprint density at radius 1 is 0.224 bits per heavy atom. The first-order valence-corrected chi connectivity index (χ1v) is 19.8. The molecule has 0 aliphatic carbocycles. The average Bonchev–Trinajstić information content (AvgIpc) is 3.31. The summed E-state index contributed by atoms with van der Waals surface area (Å²) < 4.78 is 0. The second-order valence-corrected chi connectivity index (χ2v) is 15.0. The summed E-state index contributed by atoms with van der Waals surface area (Å²) in [6.45, 7) is 0. The van der Waals surface area contributed by atoms with E-state index >= 15 is 0 Å². The van der Waals surface area contributed by atoms with Gasteiger partial charge in [-0.15, -0.1) is 0 Å². The molecule has 0 saturated carbocycles. The molecule has 2 heterocycles. The summed E-state index contributed by atoms with van der Waals surface area (Å²) in [7, 11) is 0. The minimum absolute atomic E-state index is 0.884. The summed E-state index contributed by atoms with van der Waals surface area (Å²) in [5, 5.41) is 6.92. The molecule has 0 N–H and O–H groups in total. The number of fused-ring (bicyclic) bond motifs is 5. The van der Waals surface area contributed by atoms with E-state index in [1.54, 1.807) is 0 Å². The number of hydrogen-bond acceptors (Lipinski definition) is 2. The van der Waals surface area contributed by atoms with Gasteiger partial charge in [0.1, 0.15) is 0 Å². The molecule has 270 valence electrons. The monoisotopic (exact) mass is 736 g/mol. The smallest absolute Gasteiger partial charge is 0.0978 e. The van der Waals surface area contributed by atoms with Gasteiger partial charge in [0.25, 0.3) is 0 Å². The van der Waals surface area contributed by atoms with Crippen LogP contribution in [0.25, 0.3) is 110 Å². The van der Waals surface area contributed by atoms with Crippen LogP contribution in [0.5, 0.6) is 0 Å². The second kappa shape index (κ2) is 14.1. The van der Waals surface area contributed by atoms with Crippen LogP contribution in [0.2, 0.25) is 0 Å². The summed E-state index contributed by atoms with van der Waals surface area (Å²) in [5.74, 6) is 0. The van der Waals surface area contributed by atoms with Gasteiger partial charge in [0.15, 0.2) is 0 Å². The molecule has 0 saturated heterocycles. The molecule has 0 spiro atoms. The van der Waals surface area contributed by atoms with Gasteiger partial charge in [0, 0.05) is 21.9 Å². The topological polar surface area (TPSA) is 25.8 Å². The summed E-state index contributed by atoms with van der Waals surface area (Å²) >= 11 is 0. The summed E-state index contributed by atoms with van der Waals surface area (Å²) in [4.78, 5) is 11.1. The molecule has 2 heteroatoms. The van der Waals surface area contributed by atoms with E-state index in [0.717, 1.165) is 66.6 Å². The molecule has 0 aliphatic rings. The molecule has 0 radical (unpaired) electrons. The van der Waals surface area contributed by atoms with Crippen LogP contribution >= 0.6 is 0 Å². The largest absolute Gasteiger partial charge is 0.245 e. The third-order valence-corrected chi connectivity index (χ3v) is 11.5. The quantitative estimate of drug-likeness (QED) is 0.159. The van der Waals surface area contributed by atoms with Crippen LogP contribution in [-0.4, -0.2) is 9.97 Å². The van der Waals surface area contributed by atoms with E-state index < -0.39 is 0 Å². The van der Waals surface area contributed by atoms with E-state index in [0.29, 0.717) is 0 Å².